The van der Waals surface area contributed by atoms with Gasteiger partial charge in [0.1, 0.15) is 6.54 Å². The maximum Gasteiger partial charge on any atom is 0.406 e. The second-order valence-corrected chi connectivity index (χ2v) is 4.61. The molecule has 0 saturated carbocycles. The first-order chi connectivity index (χ1) is 9.74. The van der Waals surface area contributed by atoms with E-state index >= 15 is 0 Å². The minimum Gasteiger partial charge on any atom is -0.448 e. The molecule has 114 valence electrons. The lowest BCUT2D eigenvalue weighted by Crippen LogP contribution is -2.38. The van der Waals surface area contributed by atoms with Gasteiger partial charge in [0.05, 0.1) is 0 Å². The van der Waals surface area contributed by atoms with Gasteiger partial charge in [-0.05, 0) is 19.9 Å². The minimum absolute atomic E-state index is 0.124. The molecule has 1 aromatic heterocycles. The van der Waals surface area contributed by atoms with E-state index in [0.717, 1.165) is 6.07 Å². The zero-order valence-corrected chi connectivity index (χ0v) is 11.4. The van der Waals surface area contributed by atoms with Crippen LogP contribution in [0.2, 0.25) is 0 Å². The number of nitrogens with zero attached hydrogens (tertiary/aromatic N) is 1. The van der Waals surface area contributed by atoms with Crippen LogP contribution in [0.5, 0.6) is 0 Å². The quantitative estimate of drug-likeness (QED) is 0.806. The van der Waals surface area contributed by atoms with Gasteiger partial charge >= 0.3 is 6.18 Å². The fourth-order valence-corrected chi connectivity index (χ4v) is 2.10. The molecule has 0 aliphatic carbocycles. The molecule has 0 aliphatic heterocycles. The SMILES string of the molecule is CCN(CC(F)(F)F)C(=O)c1oc2c(F)cccc2c1C. The molecule has 0 bridgehead atoms. The Morgan fingerprint density at radius 1 is 1.33 bits per heavy atom. The van der Waals surface area contributed by atoms with Crippen molar-refractivity contribution in [2.24, 2.45) is 0 Å². The molecule has 1 aromatic carbocycles. The average molecular weight is 303 g/mol. The molecule has 3 nitrogen and oxygen atoms in total. The van der Waals surface area contributed by atoms with E-state index in [4.69, 9.17) is 4.42 Å². The number of carbonyl (C=O) groups is 1. The standard InChI is InChI=1S/C14H13F4NO2/c1-3-19(7-14(16,17)18)13(20)11-8(2)9-5-4-6-10(15)12(9)21-11/h4-6H,3,7H2,1-2H3. The van der Waals surface area contributed by atoms with Gasteiger partial charge in [0.15, 0.2) is 17.2 Å². The Kier molecular flexibility index (Phi) is 3.93. The normalized spacial score (nSPS) is 11.9. The summed E-state index contributed by atoms with van der Waals surface area (Å²) in [5.74, 6) is -1.82. The summed E-state index contributed by atoms with van der Waals surface area (Å²) in [5, 5.41) is 0.376. The van der Waals surface area contributed by atoms with Gasteiger partial charge in [0, 0.05) is 17.5 Å². The maximum atomic E-state index is 13.6. The summed E-state index contributed by atoms with van der Waals surface area (Å²) < 4.78 is 56.1. The molecular weight excluding hydrogens is 290 g/mol. The van der Waals surface area contributed by atoms with E-state index in [1.807, 2.05) is 0 Å². The topological polar surface area (TPSA) is 33.5 Å². The van der Waals surface area contributed by atoms with Crippen molar-refractivity contribution < 1.29 is 26.8 Å². The Hall–Kier alpha value is -2.05. The van der Waals surface area contributed by atoms with Gasteiger partial charge in [-0.15, -0.1) is 0 Å². The van der Waals surface area contributed by atoms with E-state index in [2.05, 4.69) is 0 Å². The van der Waals surface area contributed by atoms with E-state index in [-0.39, 0.29) is 17.9 Å². The molecule has 0 N–H and O–H groups in total. The summed E-state index contributed by atoms with van der Waals surface area (Å²) in [6.07, 6.45) is -4.50. The number of para-hydroxylation sites is 1. The summed E-state index contributed by atoms with van der Waals surface area (Å²) in [6.45, 7) is 1.45. The van der Waals surface area contributed by atoms with E-state index in [1.165, 1.54) is 19.9 Å². The fraction of sp³-hybridized carbons (Fsp3) is 0.357. The second-order valence-electron chi connectivity index (χ2n) is 4.61. The van der Waals surface area contributed by atoms with Crippen molar-refractivity contribution in [1.29, 1.82) is 0 Å². The molecule has 2 aromatic rings. The van der Waals surface area contributed by atoms with Crippen LogP contribution in [0.15, 0.2) is 22.6 Å². The Balaban J connectivity index is 2.43. The number of hydrogen-bond acceptors (Lipinski definition) is 2. The van der Waals surface area contributed by atoms with Gasteiger partial charge in [-0.2, -0.15) is 13.2 Å². The lowest BCUT2D eigenvalue weighted by atomic mass is 10.1. The predicted octanol–water partition coefficient (Wildman–Crippen LogP) is 3.90. The molecule has 0 atom stereocenters. The molecule has 0 saturated heterocycles. The third-order valence-corrected chi connectivity index (χ3v) is 3.15. The maximum absolute atomic E-state index is 13.6. The average Bonchev–Trinajstić information content (AvgIpc) is 2.73. The Morgan fingerprint density at radius 2 is 2.00 bits per heavy atom. The zero-order chi connectivity index (χ0) is 15.8. The van der Waals surface area contributed by atoms with Gasteiger partial charge in [-0.25, -0.2) is 4.39 Å². The van der Waals surface area contributed by atoms with Gasteiger partial charge in [0.25, 0.3) is 5.91 Å². The predicted molar refractivity (Wildman–Crippen MR) is 68.5 cm³/mol. The van der Waals surface area contributed by atoms with Crippen molar-refractivity contribution in [3.05, 3.63) is 35.3 Å². The molecule has 7 heteroatoms. The molecule has 1 heterocycles. The van der Waals surface area contributed by atoms with E-state index in [1.54, 1.807) is 6.07 Å². The molecule has 2 rings (SSSR count). The highest BCUT2D eigenvalue weighted by Gasteiger charge is 2.34. The number of fused-ring (bicyclic) bond motifs is 1. The van der Waals surface area contributed by atoms with Crippen molar-refractivity contribution in [1.82, 2.24) is 4.90 Å². The van der Waals surface area contributed by atoms with Gasteiger partial charge in [-0.3, -0.25) is 4.79 Å². The molecule has 0 fully saturated rings. The van der Waals surface area contributed by atoms with Crippen LogP contribution >= 0.6 is 0 Å². The highest BCUT2D eigenvalue weighted by Crippen LogP contribution is 2.28. The molecule has 0 unspecified atom stereocenters. The van der Waals surface area contributed by atoms with Gasteiger partial charge < -0.3 is 9.32 Å². The summed E-state index contributed by atoms with van der Waals surface area (Å²) in [6, 6.07) is 4.16. The third-order valence-electron chi connectivity index (χ3n) is 3.15. The lowest BCUT2D eigenvalue weighted by molar-refractivity contribution is -0.140. The molecule has 0 aliphatic rings. The highest BCUT2D eigenvalue weighted by molar-refractivity contribution is 5.99. The van der Waals surface area contributed by atoms with Crippen LogP contribution < -0.4 is 0 Å². The number of furan rings is 1. The summed E-state index contributed by atoms with van der Waals surface area (Å²) in [5.41, 5.74) is 0.205. The molecule has 21 heavy (non-hydrogen) atoms. The molecule has 0 spiro atoms. The Morgan fingerprint density at radius 3 is 2.52 bits per heavy atom. The van der Waals surface area contributed by atoms with Gasteiger partial charge in [-0.1, -0.05) is 12.1 Å². The van der Waals surface area contributed by atoms with Crippen molar-refractivity contribution in [2.45, 2.75) is 20.0 Å². The second kappa shape index (κ2) is 5.38. The smallest absolute Gasteiger partial charge is 0.406 e. The molecular formula is C14H13F4NO2. The minimum atomic E-state index is -4.50. The number of aryl methyl sites for hydroxylation is 1. The van der Waals surface area contributed by atoms with Crippen LogP contribution in [0, 0.1) is 12.7 Å². The van der Waals surface area contributed by atoms with Crippen LogP contribution in [-0.2, 0) is 0 Å². The monoisotopic (exact) mass is 303 g/mol. The van der Waals surface area contributed by atoms with Crippen molar-refractivity contribution in [3.8, 4) is 0 Å². The number of hydrogen-bond donors (Lipinski definition) is 0. The Bertz CT molecular complexity index is 675. The number of alkyl halides is 3. The van der Waals surface area contributed by atoms with Crippen molar-refractivity contribution >= 4 is 16.9 Å². The van der Waals surface area contributed by atoms with E-state index in [0.29, 0.717) is 15.8 Å². The number of halogens is 4. The first kappa shape index (κ1) is 15.3. The fourth-order valence-electron chi connectivity index (χ4n) is 2.10. The number of amides is 1. The third kappa shape index (κ3) is 3.01. The van der Waals surface area contributed by atoms with Crippen LogP contribution in [0.3, 0.4) is 0 Å². The summed E-state index contributed by atoms with van der Waals surface area (Å²) >= 11 is 0. The summed E-state index contributed by atoms with van der Waals surface area (Å²) in [4.78, 5) is 12.8. The number of benzene rings is 1. The Labute approximate surface area is 118 Å². The van der Waals surface area contributed by atoms with Gasteiger partial charge in [0.2, 0.25) is 0 Å². The highest BCUT2D eigenvalue weighted by atomic mass is 19.4. The summed E-state index contributed by atoms with van der Waals surface area (Å²) in [7, 11) is 0. The van der Waals surface area contributed by atoms with Crippen molar-refractivity contribution in [2.75, 3.05) is 13.1 Å². The first-order valence-electron chi connectivity index (χ1n) is 6.28. The van der Waals surface area contributed by atoms with Crippen LogP contribution in [0.25, 0.3) is 11.0 Å². The van der Waals surface area contributed by atoms with E-state index in [9.17, 15) is 22.4 Å². The largest absolute Gasteiger partial charge is 0.448 e. The molecule has 1 amide bonds. The number of rotatable bonds is 3. The lowest BCUT2D eigenvalue weighted by Gasteiger charge is -2.21. The number of carbonyl (C=O) groups excluding carboxylic acids is 1. The van der Waals surface area contributed by atoms with Crippen molar-refractivity contribution in [3.63, 3.8) is 0 Å². The van der Waals surface area contributed by atoms with Crippen LogP contribution in [0.4, 0.5) is 17.6 Å². The van der Waals surface area contributed by atoms with E-state index < -0.39 is 24.4 Å². The van der Waals surface area contributed by atoms with Crippen LogP contribution in [-0.4, -0.2) is 30.1 Å². The zero-order valence-electron chi connectivity index (χ0n) is 11.4. The molecule has 0 radical (unpaired) electrons. The van der Waals surface area contributed by atoms with Crippen LogP contribution in [0.1, 0.15) is 23.0 Å². The first-order valence-corrected chi connectivity index (χ1v) is 6.28.